The van der Waals surface area contributed by atoms with Crippen LogP contribution in [0, 0.1) is 0 Å². The lowest BCUT2D eigenvalue weighted by atomic mass is 9.91. The maximum atomic E-state index is 6.35. The average Bonchev–Trinajstić information content (AvgIpc) is 2.38. The molecule has 1 unspecified atom stereocenters. The van der Waals surface area contributed by atoms with Gasteiger partial charge in [0.05, 0.1) is 7.11 Å². The Labute approximate surface area is 116 Å². The van der Waals surface area contributed by atoms with Crippen molar-refractivity contribution in [1.29, 1.82) is 0 Å². The summed E-state index contributed by atoms with van der Waals surface area (Å²) in [5, 5.41) is 0.817. The maximum Gasteiger partial charge on any atom is 0.120 e. The summed E-state index contributed by atoms with van der Waals surface area (Å²) in [5.41, 5.74) is 1.24. The zero-order valence-electron chi connectivity index (χ0n) is 11.6. The molecule has 0 saturated carbocycles. The number of rotatable bonds is 7. The molecule has 0 amide bonds. The molecule has 1 nitrogen and oxygen atoms in total. The first-order valence-corrected chi connectivity index (χ1v) is 7.09. The largest absolute Gasteiger partial charge is 0.497 e. The van der Waals surface area contributed by atoms with Gasteiger partial charge in [0.1, 0.15) is 5.75 Å². The molecule has 0 bridgehead atoms. The van der Waals surface area contributed by atoms with Gasteiger partial charge in [-0.2, -0.15) is 0 Å². The van der Waals surface area contributed by atoms with Crippen LogP contribution < -0.4 is 4.74 Å². The van der Waals surface area contributed by atoms with Gasteiger partial charge in [0, 0.05) is 5.02 Å². The molecule has 100 valence electrons. The van der Waals surface area contributed by atoms with E-state index in [2.05, 4.69) is 32.1 Å². The monoisotopic (exact) mass is 266 g/mol. The van der Waals surface area contributed by atoms with E-state index in [1.807, 2.05) is 12.1 Å². The van der Waals surface area contributed by atoms with Gasteiger partial charge in [0.2, 0.25) is 0 Å². The zero-order chi connectivity index (χ0) is 13.4. The Morgan fingerprint density at radius 3 is 2.61 bits per heavy atom. The Hall–Kier alpha value is -0.950. The highest BCUT2D eigenvalue weighted by atomic mass is 35.5. The van der Waals surface area contributed by atoms with Crippen LogP contribution in [0.15, 0.2) is 30.4 Å². The molecular weight excluding hydrogens is 244 g/mol. The normalized spacial score (nSPS) is 12.9. The standard InChI is InChI=1S/C16H23ClO/c1-4-6-7-9-13(8-5-2)15-11-10-14(18-3)12-16(15)17/h6-7,10-13H,4-5,8-9H2,1-3H3/b7-6-. The molecule has 0 spiro atoms. The van der Waals surface area contributed by atoms with Crippen LogP contribution >= 0.6 is 11.6 Å². The van der Waals surface area contributed by atoms with E-state index >= 15 is 0 Å². The minimum Gasteiger partial charge on any atom is -0.497 e. The lowest BCUT2D eigenvalue weighted by molar-refractivity contribution is 0.414. The molecule has 0 aliphatic carbocycles. The van der Waals surface area contributed by atoms with Crippen molar-refractivity contribution in [2.75, 3.05) is 7.11 Å². The second kappa shape index (κ2) is 8.20. The fourth-order valence-corrected chi connectivity index (χ4v) is 2.47. The molecule has 1 rings (SSSR count). The molecule has 1 aromatic rings. The van der Waals surface area contributed by atoms with E-state index in [4.69, 9.17) is 16.3 Å². The predicted molar refractivity (Wildman–Crippen MR) is 79.7 cm³/mol. The Bertz CT molecular complexity index is 385. The second-order valence-electron chi connectivity index (χ2n) is 4.49. The Kier molecular flexibility index (Phi) is 6.89. The van der Waals surface area contributed by atoms with Crippen LogP contribution in [0.1, 0.15) is 51.0 Å². The van der Waals surface area contributed by atoms with E-state index in [0.717, 1.165) is 23.6 Å². The lowest BCUT2D eigenvalue weighted by Crippen LogP contribution is -1.99. The molecule has 1 atom stereocenters. The van der Waals surface area contributed by atoms with Crippen molar-refractivity contribution in [1.82, 2.24) is 0 Å². The second-order valence-corrected chi connectivity index (χ2v) is 4.90. The van der Waals surface area contributed by atoms with Crippen LogP contribution in [0.25, 0.3) is 0 Å². The van der Waals surface area contributed by atoms with E-state index in [1.54, 1.807) is 7.11 Å². The molecule has 2 heteroatoms. The molecular formula is C16H23ClO. The lowest BCUT2D eigenvalue weighted by Gasteiger charge is -2.17. The van der Waals surface area contributed by atoms with Crippen molar-refractivity contribution < 1.29 is 4.74 Å². The SMILES string of the molecule is CC/C=C\CC(CCC)c1ccc(OC)cc1Cl. The molecule has 0 fully saturated rings. The Morgan fingerprint density at radius 2 is 2.06 bits per heavy atom. The molecule has 0 aromatic heterocycles. The number of halogens is 1. The fraction of sp³-hybridized carbons (Fsp3) is 0.500. The number of hydrogen-bond donors (Lipinski definition) is 0. The fourth-order valence-electron chi connectivity index (χ4n) is 2.14. The van der Waals surface area contributed by atoms with Crippen LogP contribution in [0.3, 0.4) is 0 Å². The summed E-state index contributed by atoms with van der Waals surface area (Å²) in [6.07, 6.45) is 8.98. The van der Waals surface area contributed by atoms with E-state index in [-0.39, 0.29) is 0 Å². The van der Waals surface area contributed by atoms with E-state index in [0.29, 0.717) is 5.92 Å². The molecule has 0 aliphatic rings. The van der Waals surface area contributed by atoms with Crippen LogP contribution in [0.4, 0.5) is 0 Å². The molecule has 0 saturated heterocycles. The van der Waals surface area contributed by atoms with E-state index < -0.39 is 0 Å². The quantitative estimate of drug-likeness (QED) is 0.585. The minimum atomic E-state index is 0.510. The first-order valence-electron chi connectivity index (χ1n) is 6.71. The molecule has 18 heavy (non-hydrogen) atoms. The zero-order valence-corrected chi connectivity index (χ0v) is 12.3. The van der Waals surface area contributed by atoms with Gasteiger partial charge in [0.15, 0.2) is 0 Å². The summed E-state index contributed by atoms with van der Waals surface area (Å²) in [5.74, 6) is 1.33. The smallest absolute Gasteiger partial charge is 0.120 e. The van der Waals surface area contributed by atoms with Crippen molar-refractivity contribution in [3.05, 3.63) is 40.9 Å². The molecule has 0 radical (unpaired) electrons. The minimum absolute atomic E-state index is 0.510. The van der Waals surface area contributed by atoms with Crippen molar-refractivity contribution >= 4 is 11.6 Å². The van der Waals surface area contributed by atoms with Gasteiger partial charge >= 0.3 is 0 Å². The van der Waals surface area contributed by atoms with Gasteiger partial charge in [-0.15, -0.1) is 0 Å². The Morgan fingerprint density at radius 1 is 1.28 bits per heavy atom. The maximum absolute atomic E-state index is 6.35. The summed E-state index contributed by atoms with van der Waals surface area (Å²) in [6, 6.07) is 6.00. The summed E-state index contributed by atoms with van der Waals surface area (Å²) in [7, 11) is 1.67. The molecule has 0 heterocycles. The van der Waals surface area contributed by atoms with Crippen molar-refractivity contribution in [3.8, 4) is 5.75 Å². The van der Waals surface area contributed by atoms with Gasteiger partial charge < -0.3 is 4.74 Å². The van der Waals surface area contributed by atoms with Gasteiger partial charge in [-0.3, -0.25) is 0 Å². The average molecular weight is 267 g/mol. The predicted octanol–water partition coefficient (Wildman–Crippen LogP) is 5.59. The van der Waals surface area contributed by atoms with Crippen LogP contribution in [0.2, 0.25) is 5.02 Å². The highest BCUT2D eigenvalue weighted by molar-refractivity contribution is 6.31. The van der Waals surface area contributed by atoms with Crippen LogP contribution in [-0.2, 0) is 0 Å². The summed E-state index contributed by atoms with van der Waals surface area (Å²) in [4.78, 5) is 0. The molecule has 0 aliphatic heterocycles. The van der Waals surface area contributed by atoms with E-state index in [9.17, 15) is 0 Å². The number of hydrogen-bond acceptors (Lipinski definition) is 1. The summed E-state index contributed by atoms with van der Waals surface area (Å²) < 4.78 is 5.19. The van der Waals surface area contributed by atoms with Gasteiger partial charge in [-0.1, -0.05) is 50.1 Å². The topological polar surface area (TPSA) is 9.23 Å². The van der Waals surface area contributed by atoms with Crippen molar-refractivity contribution in [2.45, 2.75) is 45.4 Å². The Balaban J connectivity index is 2.87. The number of ether oxygens (including phenoxy) is 1. The van der Waals surface area contributed by atoms with Crippen LogP contribution in [-0.4, -0.2) is 7.11 Å². The number of benzene rings is 1. The summed E-state index contributed by atoms with van der Waals surface area (Å²) >= 11 is 6.35. The van der Waals surface area contributed by atoms with Crippen LogP contribution in [0.5, 0.6) is 5.75 Å². The van der Waals surface area contributed by atoms with Gasteiger partial charge in [-0.05, 0) is 42.9 Å². The molecule has 1 aromatic carbocycles. The van der Waals surface area contributed by atoms with E-state index in [1.165, 1.54) is 18.4 Å². The highest BCUT2D eigenvalue weighted by Crippen LogP contribution is 2.33. The number of methoxy groups -OCH3 is 1. The van der Waals surface area contributed by atoms with Gasteiger partial charge in [-0.25, -0.2) is 0 Å². The third-order valence-electron chi connectivity index (χ3n) is 3.11. The number of allylic oxidation sites excluding steroid dienone is 2. The first-order chi connectivity index (χ1) is 8.72. The first kappa shape index (κ1) is 15.1. The highest BCUT2D eigenvalue weighted by Gasteiger charge is 2.13. The third kappa shape index (κ3) is 4.38. The summed E-state index contributed by atoms with van der Waals surface area (Å²) in [6.45, 7) is 4.37. The van der Waals surface area contributed by atoms with Crippen molar-refractivity contribution in [3.63, 3.8) is 0 Å². The van der Waals surface area contributed by atoms with Gasteiger partial charge in [0.25, 0.3) is 0 Å². The molecule has 0 N–H and O–H groups in total. The van der Waals surface area contributed by atoms with Crippen molar-refractivity contribution in [2.24, 2.45) is 0 Å². The third-order valence-corrected chi connectivity index (χ3v) is 3.43.